The Morgan fingerprint density at radius 3 is 2.76 bits per heavy atom. The lowest BCUT2D eigenvalue weighted by Crippen LogP contribution is -2.29. The molecule has 8 heteroatoms. The van der Waals surface area contributed by atoms with E-state index >= 15 is 0 Å². The van der Waals surface area contributed by atoms with Crippen LogP contribution < -0.4 is 10.5 Å². The highest BCUT2D eigenvalue weighted by atomic mass is 32.2. The smallest absolute Gasteiger partial charge is 0.260 e. The van der Waals surface area contributed by atoms with Gasteiger partial charge in [0.15, 0.2) is 10.8 Å². The molecule has 0 amide bonds. The molecule has 0 aliphatic rings. The summed E-state index contributed by atoms with van der Waals surface area (Å²) in [5, 5.41) is 9.27. The van der Waals surface area contributed by atoms with Crippen molar-refractivity contribution in [2.45, 2.75) is 30.9 Å². The van der Waals surface area contributed by atoms with E-state index in [0.717, 1.165) is 0 Å². The van der Waals surface area contributed by atoms with Crippen molar-refractivity contribution in [1.82, 2.24) is 14.3 Å². The number of sulfonamides is 1. The van der Waals surface area contributed by atoms with Crippen LogP contribution in [0.3, 0.4) is 0 Å². The van der Waals surface area contributed by atoms with Gasteiger partial charge >= 0.3 is 0 Å². The molecular formula is C9H18N4O3S. The molecule has 1 aromatic rings. The van der Waals surface area contributed by atoms with Crippen molar-refractivity contribution in [2.75, 3.05) is 12.3 Å². The molecule has 0 saturated heterocycles. The number of anilines is 1. The van der Waals surface area contributed by atoms with Crippen LogP contribution in [0.15, 0.2) is 11.4 Å². The van der Waals surface area contributed by atoms with Gasteiger partial charge in [-0.25, -0.2) is 18.1 Å². The van der Waals surface area contributed by atoms with E-state index in [-0.39, 0.29) is 17.4 Å². The third-order valence-electron chi connectivity index (χ3n) is 2.40. The number of aliphatic hydroxyl groups excluding tert-OH is 1. The van der Waals surface area contributed by atoms with Gasteiger partial charge in [0.05, 0.1) is 12.4 Å². The Kier molecular flexibility index (Phi) is 4.49. The average molecular weight is 262 g/mol. The Balaban J connectivity index is 2.70. The molecule has 0 bridgehead atoms. The first kappa shape index (κ1) is 13.9. The van der Waals surface area contributed by atoms with Crippen LogP contribution in [0.1, 0.15) is 19.8 Å². The molecule has 4 N–H and O–H groups in total. The first-order valence-corrected chi connectivity index (χ1v) is 6.81. The van der Waals surface area contributed by atoms with Gasteiger partial charge in [-0.15, -0.1) is 0 Å². The quantitative estimate of drug-likeness (QED) is 0.636. The summed E-state index contributed by atoms with van der Waals surface area (Å²) in [6.07, 6.45) is 1.80. The Labute approximate surface area is 101 Å². The minimum Gasteiger partial charge on any atom is -0.393 e. The van der Waals surface area contributed by atoms with E-state index in [2.05, 4.69) is 9.71 Å². The summed E-state index contributed by atoms with van der Waals surface area (Å²) in [6.45, 7) is 2.00. The third kappa shape index (κ3) is 3.42. The van der Waals surface area contributed by atoms with E-state index in [1.807, 2.05) is 6.92 Å². The predicted octanol–water partition coefficient (Wildman–Crippen LogP) is -0.558. The Hall–Kier alpha value is -1.12. The first-order valence-electron chi connectivity index (χ1n) is 5.33. The fourth-order valence-corrected chi connectivity index (χ4v) is 2.67. The van der Waals surface area contributed by atoms with Crippen LogP contribution in [0.4, 0.5) is 5.82 Å². The predicted molar refractivity (Wildman–Crippen MR) is 63.7 cm³/mol. The molecule has 0 fully saturated rings. The average Bonchev–Trinajstić information content (AvgIpc) is 2.58. The molecule has 98 valence electrons. The van der Waals surface area contributed by atoms with Gasteiger partial charge in [-0.1, -0.05) is 6.92 Å². The largest absolute Gasteiger partial charge is 0.393 e. The molecule has 0 aromatic carbocycles. The maximum atomic E-state index is 11.9. The second-order valence-corrected chi connectivity index (χ2v) is 5.48. The van der Waals surface area contributed by atoms with Gasteiger partial charge in [0.1, 0.15) is 0 Å². The lowest BCUT2D eigenvalue weighted by atomic mass is 10.2. The number of aliphatic hydroxyl groups is 1. The van der Waals surface area contributed by atoms with E-state index in [9.17, 15) is 13.5 Å². The van der Waals surface area contributed by atoms with E-state index in [1.54, 1.807) is 7.05 Å². The van der Waals surface area contributed by atoms with Crippen LogP contribution in [-0.4, -0.2) is 35.7 Å². The lowest BCUT2D eigenvalue weighted by molar-refractivity contribution is 0.162. The van der Waals surface area contributed by atoms with Gasteiger partial charge in [0, 0.05) is 13.6 Å². The number of imidazole rings is 1. The maximum Gasteiger partial charge on any atom is 0.260 e. The Bertz CT molecular complexity index is 449. The van der Waals surface area contributed by atoms with Gasteiger partial charge in [0.2, 0.25) is 0 Å². The fraction of sp³-hybridized carbons (Fsp3) is 0.667. The molecule has 1 heterocycles. The van der Waals surface area contributed by atoms with Gasteiger partial charge < -0.3 is 15.4 Å². The standard InChI is InChI=1S/C9H18N4O3S/c1-3-7(14)4-5-12-17(15,16)9-8(10)11-6-13(9)2/h6-7,12,14H,3-5,10H2,1-2H3. The van der Waals surface area contributed by atoms with Crippen molar-refractivity contribution in [3.05, 3.63) is 6.33 Å². The number of nitrogens with one attached hydrogen (secondary N) is 1. The topological polar surface area (TPSA) is 110 Å². The molecule has 7 nitrogen and oxygen atoms in total. The van der Waals surface area contributed by atoms with Crippen LogP contribution in [0.2, 0.25) is 0 Å². The van der Waals surface area contributed by atoms with E-state index in [4.69, 9.17) is 5.73 Å². The number of nitrogens with two attached hydrogens (primary N) is 1. The van der Waals surface area contributed by atoms with Crippen LogP contribution >= 0.6 is 0 Å². The van der Waals surface area contributed by atoms with Crippen molar-refractivity contribution >= 4 is 15.8 Å². The number of nitrogen functional groups attached to an aromatic ring is 1. The molecule has 1 atom stereocenters. The molecule has 0 spiro atoms. The summed E-state index contributed by atoms with van der Waals surface area (Å²) in [6, 6.07) is 0. The monoisotopic (exact) mass is 262 g/mol. The van der Waals surface area contributed by atoms with E-state index in [1.165, 1.54) is 10.9 Å². The molecule has 1 rings (SSSR count). The number of aryl methyl sites for hydroxylation is 1. The van der Waals surface area contributed by atoms with Crippen LogP contribution in [0, 0.1) is 0 Å². The summed E-state index contributed by atoms with van der Waals surface area (Å²) in [5.74, 6) is -0.0314. The first-order chi connectivity index (χ1) is 7.88. The fourth-order valence-electron chi connectivity index (χ4n) is 1.40. The zero-order valence-electron chi connectivity index (χ0n) is 9.92. The second-order valence-electron chi connectivity index (χ2n) is 3.79. The molecule has 1 aromatic heterocycles. The normalized spacial score (nSPS) is 13.8. The summed E-state index contributed by atoms with van der Waals surface area (Å²) < 4.78 is 27.5. The molecule has 0 radical (unpaired) electrons. The third-order valence-corrected chi connectivity index (χ3v) is 4.00. The Morgan fingerprint density at radius 1 is 1.65 bits per heavy atom. The van der Waals surface area contributed by atoms with Gasteiger partial charge in [0.25, 0.3) is 10.0 Å². The number of nitrogens with zero attached hydrogens (tertiary/aromatic N) is 2. The SMILES string of the molecule is CCC(O)CCNS(=O)(=O)c1c(N)ncn1C. The minimum absolute atomic E-state index is 0.0314. The van der Waals surface area contributed by atoms with Gasteiger partial charge in [-0.2, -0.15) is 0 Å². The molecule has 0 saturated carbocycles. The lowest BCUT2D eigenvalue weighted by Gasteiger charge is -2.10. The van der Waals surface area contributed by atoms with Crippen molar-refractivity contribution in [1.29, 1.82) is 0 Å². The number of hydrogen-bond acceptors (Lipinski definition) is 5. The summed E-state index contributed by atoms with van der Waals surface area (Å²) in [7, 11) is -2.11. The van der Waals surface area contributed by atoms with Gasteiger partial charge in [-0.05, 0) is 12.8 Å². The summed E-state index contributed by atoms with van der Waals surface area (Å²) in [4.78, 5) is 3.71. The zero-order chi connectivity index (χ0) is 13.1. The van der Waals surface area contributed by atoms with E-state index in [0.29, 0.717) is 12.8 Å². The number of hydrogen-bond donors (Lipinski definition) is 3. The zero-order valence-corrected chi connectivity index (χ0v) is 10.7. The number of aromatic nitrogens is 2. The summed E-state index contributed by atoms with van der Waals surface area (Å²) in [5.41, 5.74) is 5.48. The molecular weight excluding hydrogens is 244 g/mol. The van der Waals surface area contributed by atoms with Gasteiger partial charge in [-0.3, -0.25) is 0 Å². The van der Waals surface area contributed by atoms with Crippen LogP contribution in [0.5, 0.6) is 0 Å². The highest BCUT2D eigenvalue weighted by Crippen LogP contribution is 2.14. The van der Waals surface area contributed by atoms with Crippen molar-refractivity contribution in [3.63, 3.8) is 0 Å². The molecule has 0 aliphatic carbocycles. The maximum absolute atomic E-state index is 11.9. The van der Waals surface area contributed by atoms with Crippen LogP contribution in [0.25, 0.3) is 0 Å². The minimum atomic E-state index is -3.67. The second kappa shape index (κ2) is 5.48. The highest BCUT2D eigenvalue weighted by molar-refractivity contribution is 7.89. The number of rotatable bonds is 6. The molecule has 17 heavy (non-hydrogen) atoms. The Morgan fingerprint density at radius 2 is 2.29 bits per heavy atom. The highest BCUT2D eigenvalue weighted by Gasteiger charge is 2.21. The van der Waals surface area contributed by atoms with E-state index < -0.39 is 16.1 Å². The molecule has 1 unspecified atom stereocenters. The summed E-state index contributed by atoms with van der Waals surface area (Å²) >= 11 is 0. The van der Waals surface area contributed by atoms with Crippen LogP contribution in [-0.2, 0) is 17.1 Å². The van der Waals surface area contributed by atoms with Crippen molar-refractivity contribution in [3.8, 4) is 0 Å². The van der Waals surface area contributed by atoms with Crippen molar-refractivity contribution < 1.29 is 13.5 Å². The van der Waals surface area contributed by atoms with Crippen molar-refractivity contribution in [2.24, 2.45) is 7.05 Å². The molecule has 0 aliphatic heterocycles.